The van der Waals surface area contributed by atoms with Crippen molar-refractivity contribution in [2.24, 2.45) is 0 Å². The second-order valence-electron chi connectivity index (χ2n) is 10.1. The molecular weight excluding hydrogens is 575 g/mol. The van der Waals surface area contributed by atoms with Gasteiger partial charge in [-0.3, -0.25) is 0 Å². The fourth-order valence-corrected chi connectivity index (χ4v) is 23.4. The van der Waals surface area contributed by atoms with Crippen LogP contribution in [0.1, 0.15) is 46.1 Å². The molecule has 0 spiro atoms. The van der Waals surface area contributed by atoms with E-state index in [-0.39, 0.29) is 3.63 Å². The average Bonchev–Trinajstić information content (AvgIpc) is 3.47. The van der Waals surface area contributed by atoms with Crippen LogP contribution in [0.3, 0.4) is 0 Å². The van der Waals surface area contributed by atoms with Gasteiger partial charge in [0.2, 0.25) is 0 Å². The normalized spacial score (nSPS) is 16.6. The van der Waals surface area contributed by atoms with Gasteiger partial charge < -0.3 is 0 Å². The van der Waals surface area contributed by atoms with Crippen molar-refractivity contribution in [3.05, 3.63) is 107 Å². The number of halogens is 2. The first kappa shape index (κ1) is 24.6. The molecule has 1 aliphatic carbocycles. The van der Waals surface area contributed by atoms with Crippen molar-refractivity contribution in [1.82, 2.24) is 0 Å². The first-order valence-electron chi connectivity index (χ1n) is 13.0. The topological polar surface area (TPSA) is 0 Å². The van der Waals surface area contributed by atoms with E-state index >= 15 is 0 Å². The molecule has 0 amide bonds. The predicted molar refractivity (Wildman–Crippen MR) is 158 cm³/mol. The van der Waals surface area contributed by atoms with Crippen LogP contribution in [0.4, 0.5) is 0 Å². The van der Waals surface area contributed by atoms with Gasteiger partial charge in [0.1, 0.15) is 0 Å². The van der Waals surface area contributed by atoms with Gasteiger partial charge in [0, 0.05) is 0 Å². The van der Waals surface area contributed by atoms with Crippen LogP contribution in [0.2, 0.25) is 0 Å². The zero-order chi connectivity index (χ0) is 25.0. The standard InChI is InChI=1S/C20H21.C12H9Si.2ClH.Zr/c1-4-15-12-17-11-10-16(5-2)20(19(17)13-15)18-9-7-6-8-14(18)3;1-3-7-11-9(5-1)10-6-2-4-8-12(10)13-11;;;/h6-13H,4-5H2,1-3H3;1-7H,13H2;2*1H;/q;;;;+2/p-2. The van der Waals surface area contributed by atoms with Crippen LogP contribution in [0.15, 0.2) is 84.4 Å². The third-order valence-electron chi connectivity index (χ3n) is 8.15. The van der Waals surface area contributed by atoms with E-state index in [1.54, 1.807) is 0 Å². The molecule has 0 saturated carbocycles. The van der Waals surface area contributed by atoms with Crippen LogP contribution >= 0.6 is 17.0 Å². The first-order chi connectivity index (χ1) is 17.5. The zero-order valence-corrected chi connectivity index (χ0v) is 26.4. The molecule has 2 aliphatic rings. The second kappa shape index (κ2) is 9.55. The van der Waals surface area contributed by atoms with Gasteiger partial charge in [0.15, 0.2) is 0 Å². The molecule has 1 heterocycles. The molecule has 0 saturated heterocycles. The van der Waals surface area contributed by atoms with E-state index in [0.717, 1.165) is 12.8 Å². The number of allylic oxidation sites excluding steroid dienone is 1. The summed E-state index contributed by atoms with van der Waals surface area (Å²) in [6.45, 7) is 6.73. The summed E-state index contributed by atoms with van der Waals surface area (Å²) in [6, 6.07) is 29.0. The SMILES string of the molecule is CCC1=Cc2c(ccc(CC)c2-c2ccccc2C)[CH]1[Zr]([Cl])([Cl])[c]1cccc2c1[SiH2]c1ccccc1-2. The maximum absolute atomic E-state index is 7.76. The van der Waals surface area contributed by atoms with Crippen molar-refractivity contribution in [2.45, 2.75) is 37.2 Å². The molecule has 1 atom stereocenters. The van der Waals surface area contributed by atoms with E-state index in [1.165, 1.54) is 63.7 Å². The average molecular weight is 605 g/mol. The van der Waals surface area contributed by atoms with Crippen molar-refractivity contribution in [3.8, 4) is 22.3 Å². The van der Waals surface area contributed by atoms with Crippen LogP contribution in [-0.2, 0) is 24.3 Å². The Morgan fingerprint density at radius 3 is 2.25 bits per heavy atom. The number of rotatable bonds is 5. The summed E-state index contributed by atoms with van der Waals surface area (Å²) in [7, 11) is 14.9. The van der Waals surface area contributed by atoms with Gasteiger partial charge in [0.25, 0.3) is 0 Å². The zero-order valence-electron chi connectivity index (χ0n) is 21.0. The molecule has 1 aliphatic heterocycles. The Hall–Kier alpha value is -1.70. The number of hydrogen-bond acceptors (Lipinski definition) is 0. The van der Waals surface area contributed by atoms with Gasteiger partial charge in [-0.15, -0.1) is 0 Å². The van der Waals surface area contributed by atoms with Gasteiger partial charge in [-0.25, -0.2) is 0 Å². The van der Waals surface area contributed by atoms with Gasteiger partial charge in [-0.05, 0) is 0 Å². The minimum atomic E-state index is -3.90. The van der Waals surface area contributed by atoms with Gasteiger partial charge in [-0.1, -0.05) is 0 Å². The summed E-state index contributed by atoms with van der Waals surface area (Å²) < 4.78 is 1.45. The van der Waals surface area contributed by atoms with Crippen LogP contribution < -0.4 is 13.6 Å². The number of aryl methyl sites for hydroxylation is 2. The summed E-state index contributed by atoms with van der Waals surface area (Å²) in [5, 5.41) is 3.01. The first-order valence-corrected chi connectivity index (χ1v) is 23.4. The molecule has 36 heavy (non-hydrogen) atoms. The van der Waals surface area contributed by atoms with E-state index < -0.39 is 27.4 Å². The van der Waals surface area contributed by atoms with Gasteiger partial charge >= 0.3 is 230 Å². The van der Waals surface area contributed by atoms with Crippen molar-refractivity contribution < 1.29 is 17.9 Å². The molecule has 6 rings (SSSR count). The van der Waals surface area contributed by atoms with E-state index in [1.807, 2.05) is 0 Å². The molecule has 0 fully saturated rings. The fraction of sp³-hybridized carbons (Fsp3) is 0.188. The molecule has 180 valence electrons. The molecule has 0 radical (unpaired) electrons. The molecule has 0 nitrogen and oxygen atoms in total. The Bertz CT molecular complexity index is 1540. The Morgan fingerprint density at radius 1 is 0.778 bits per heavy atom. The Kier molecular flexibility index (Phi) is 6.54. The Labute approximate surface area is 228 Å². The molecule has 0 N–H and O–H groups in total. The van der Waals surface area contributed by atoms with Crippen LogP contribution in [0.5, 0.6) is 0 Å². The monoisotopic (exact) mass is 602 g/mol. The third-order valence-corrected chi connectivity index (χ3v) is 22.5. The Balaban J connectivity index is 1.54. The quantitative estimate of drug-likeness (QED) is 0.190. The second-order valence-corrected chi connectivity index (χ2v) is 25.9. The van der Waals surface area contributed by atoms with E-state index in [4.69, 9.17) is 17.0 Å². The molecule has 0 bridgehead atoms. The van der Waals surface area contributed by atoms with E-state index in [2.05, 4.69) is 106 Å². The molecular formula is C32H30Cl2SiZr. The van der Waals surface area contributed by atoms with Crippen LogP contribution in [-0.4, -0.2) is 9.52 Å². The van der Waals surface area contributed by atoms with Crippen molar-refractivity contribution in [2.75, 3.05) is 0 Å². The van der Waals surface area contributed by atoms with E-state index in [0.29, 0.717) is 0 Å². The van der Waals surface area contributed by atoms with Crippen molar-refractivity contribution in [3.63, 3.8) is 0 Å². The molecule has 0 aromatic heterocycles. The number of benzene rings is 4. The van der Waals surface area contributed by atoms with Crippen LogP contribution in [0, 0.1) is 6.92 Å². The molecule has 4 aromatic carbocycles. The number of hydrogen-bond donors (Lipinski definition) is 0. The summed E-state index contributed by atoms with van der Waals surface area (Å²) in [4.78, 5) is 0. The maximum atomic E-state index is 7.76. The Morgan fingerprint density at radius 2 is 1.50 bits per heavy atom. The summed E-state index contributed by atoms with van der Waals surface area (Å²) in [5.41, 5.74) is 12.3. The van der Waals surface area contributed by atoms with Crippen LogP contribution in [0.25, 0.3) is 28.3 Å². The predicted octanol–water partition coefficient (Wildman–Crippen LogP) is 6.96. The van der Waals surface area contributed by atoms with Gasteiger partial charge in [-0.2, -0.15) is 0 Å². The molecule has 1 unspecified atom stereocenters. The number of fused-ring (bicyclic) bond motifs is 4. The fourth-order valence-electron chi connectivity index (χ4n) is 6.38. The van der Waals surface area contributed by atoms with Crippen molar-refractivity contribution in [1.29, 1.82) is 0 Å². The van der Waals surface area contributed by atoms with Gasteiger partial charge in [0.05, 0.1) is 0 Å². The summed E-state index contributed by atoms with van der Waals surface area (Å²) >= 11 is -3.90. The van der Waals surface area contributed by atoms with E-state index in [9.17, 15) is 0 Å². The molecule has 4 heteroatoms. The summed E-state index contributed by atoms with van der Waals surface area (Å²) in [5.74, 6) is 0. The summed E-state index contributed by atoms with van der Waals surface area (Å²) in [6.07, 6.45) is 4.41. The third kappa shape index (κ3) is 3.80. The minimum absolute atomic E-state index is 0.139. The molecule has 4 aromatic rings. The van der Waals surface area contributed by atoms with Crippen molar-refractivity contribution >= 4 is 46.3 Å².